The summed E-state index contributed by atoms with van der Waals surface area (Å²) >= 11 is 0. The molecule has 0 atom stereocenters. The van der Waals surface area contributed by atoms with Crippen LogP contribution in [0.3, 0.4) is 0 Å². The molecule has 20 heavy (non-hydrogen) atoms. The molecular formula is C16H11F2NO. The fraction of sp³-hybridized carbons (Fsp3) is 0.0625. The molecule has 1 aromatic heterocycles. The van der Waals surface area contributed by atoms with Crippen molar-refractivity contribution in [3.05, 3.63) is 60.3 Å². The Labute approximate surface area is 114 Å². The van der Waals surface area contributed by atoms with Crippen LogP contribution in [0.15, 0.2) is 48.7 Å². The summed E-state index contributed by atoms with van der Waals surface area (Å²) < 4.78 is 32.3. The Bertz CT molecular complexity index is 787. The van der Waals surface area contributed by atoms with Gasteiger partial charge in [0, 0.05) is 23.2 Å². The molecule has 0 amide bonds. The number of hydrogen-bond donors (Lipinski definition) is 0. The Morgan fingerprint density at radius 2 is 1.85 bits per heavy atom. The van der Waals surface area contributed by atoms with E-state index in [4.69, 9.17) is 4.74 Å². The lowest BCUT2D eigenvalue weighted by molar-refractivity contribution is 0.411. The van der Waals surface area contributed by atoms with Crippen LogP contribution in [0.2, 0.25) is 0 Å². The fourth-order valence-electron chi connectivity index (χ4n) is 2.12. The predicted molar refractivity (Wildman–Crippen MR) is 73.6 cm³/mol. The standard InChI is InChI=1S/C16H11F2NO/c1-20-13-6-10(5-12(17)8-13)11-7-14-15(18)3-2-4-16(14)19-9-11/h2-9H,1H3. The average molecular weight is 271 g/mol. The molecule has 0 radical (unpaired) electrons. The third-order valence-electron chi connectivity index (χ3n) is 3.11. The summed E-state index contributed by atoms with van der Waals surface area (Å²) in [4.78, 5) is 4.20. The zero-order valence-electron chi connectivity index (χ0n) is 10.7. The first kappa shape index (κ1) is 12.5. The van der Waals surface area contributed by atoms with Gasteiger partial charge in [-0.1, -0.05) is 6.07 Å². The third-order valence-corrected chi connectivity index (χ3v) is 3.11. The molecule has 0 bridgehead atoms. The molecule has 2 nitrogen and oxygen atoms in total. The van der Waals surface area contributed by atoms with E-state index in [1.165, 1.54) is 25.3 Å². The van der Waals surface area contributed by atoms with Crippen molar-refractivity contribution in [1.29, 1.82) is 0 Å². The van der Waals surface area contributed by atoms with E-state index in [9.17, 15) is 8.78 Å². The molecule has 0 aliphatic carbocycles. The second kappa shape index (κ2) is 4.89. The summed E-state index contributed by atoms with van der Waals surface area (Å²) in [5.74, 6) is -0.346. The van der Waals surface area contributed by atoms with E-state index in [0.717, 1.165) is 0 Å². The summed E-state index contributed by atoms with van der Waals surface area (Å²) in [6, 6.07) is 10.7. The largest absolute Gasteiger partial charge is 0.497 e. The molecule has 0 spiro atoms. The molecule has 0 unspecified atom stereocenters. The maximum atomic E-state index is 13.8. The van der Waals surface area contributed by atoms with Crippen molar-refractivity contribution in [3.63, 3.8) is 0 Å². The number of methoxy groups -OCH3 is 1. The van der Waals surface area contributed by atoms with Crippen LogP contribution in [0, 0.1) is 11.6 Å². The second-order valence-corrected chi connectivity index (χ2v) is 4.41. The van der Waals surface area contributed by atoms with Gasteiger partial charge in [-0.2, -0.15) is 0 Å². The molecule has 0 aliphatic rings. The lowest BCUT2D eigenvalue weighted by Crippen LogP contribution is -1.89. The van der Waals surface area contributed by atoms with Gasteiger partial charge in [0.15, 0.2) is 0 Å². The van der Waals surface area contributed by atoms with E-state index in [1.54, 1.807) is 30.5 Å². The van der Waals surface area contributed by atoms with Crippen LogP contribution in [0.25, 0.3) is 22.0 Å². The highest BCUT2D eigenvalue weighted by Gasteiger charge is 2.07. The lowest BCUT2D eigenvalue weighted by atomic mass is 10.0. The van der Waals surface area contributed by atoms with Crippen molar-refractivity contribution < 1.29 is 13.5 Å². The molecule has 0 fully saturated rings. The summed E-state index contributed by atoms with van der Waals surface area (Å²) in [5, 5.41) is 0.410. The number of rotatable bonds is 2. The minimum atomic E-state index is -0.409. The van der Waals surface area contributed by atoms with Gasteiger partial charge >= 0.3 is 0 Å². The van der Waals surface area contributed by atoms with Gasteiger partial charge in [-0.25, -0.2) is 8.78 Å². The number of halogens is 2. The molecule has 0 N–H and O–H groups in total. The first-order valence-corrected chi connectivity index (χ1v) is 6.06. The number of pyridine rings is 1. The number of fused-ring (bicyclic) bond motifs is 1. The van der Waals surface area contributed by atoms with Crippen LogP contribution >= 0.6 is 0 Å². The Kier molecular flexibility index (Phi) is 3.06. The molecule has 3 aromatic rings. The highest BCUT2D eigenvalue weighted by molar-refractivity contribution is 5.84. The minimum Gasteiger partial charge on any atom is -0.497 e. The Morgan fingerprint density at radius 3 is 2.65 bits per heavy atom. The highest BCUT2D eigenvalue weighted by Crippen LogP contribution is 2.28. The number of hydrogen-bond acceptors (Lipinski definition) is 2. The molecule has 100 valence electrons. The van der Waals surface area contributed by atoms with E-state index in [0.29, 0.717) is 27.8 Å². The highest BCUT2D eigenvalue weighted by atomic mass is 19.1. The van der Waals surface area contributed by atoms with Gasteiger partial charge in [-0.15, -0.1) is 0 Å². The monoisotopic (exact) mass is 271 g/mol. The van der Waals surface area contributed by atoms with Crippen LogP contribution in [-0.4, -0.2) is 12.1 Å². The van der Waals surface area contributed by atoms with Crippen LogP contribution in [0.4, 0.5) is 8.78 Å². The van der Waals surface area contributed by atoms with E-state index < -0.39 is 5.82 Å². The molecule has 0 saturated carbocycles. The molecule has 4 heteroatoms. The SMILES string of the molecule is COc1cc(F)cc(-c2cnc3cccc(F)c3c2)c1. The van der Waals surface area contributed by atoms with Crippen molar-refractivity contribution >= 4 is 10.9 Å². The third kappa shape index (κ3) is 2.20. The summed E-state index contributed by atoms with van der Waals surface area (Å²) in [7, 11) is 1.47. The van der Waals surface area contributed by atoms with Crippen molar-refractivity contribution in [2.24, 2.45) is 0 Å². The van der Waals surface area contributed by atoms with E-state index in [1.807, 2.05) is 0 Å². The Balaban J connectivity index is 2.19. The number of nitrogens with zero attached hydrogens (tertiary/aromatic N) is 1. The first-order chi connectivity index (χ1) is 9.67. The molecule has 1 heterocycles. The van der Waals surface area contributed by atoms with Gasteiger partial charge in [-0.05, 0) is 35.9 Å². The minimum absolute atomic E-state index is 0.347. The van der Waals surface area contributed by atoms with Crippen molar-refractivity contribution in [3.8, 4) is 16.9 Å². The molecule has 0 aliphatic heterocycles. The lowest BCUT2D eigenvalue weighted by Gasteiger charge is -2.07. The summed E-state index contributed by atoms with van der Waals surface area (Å²) in [6.07, 6.45) is 1.59. The van der Waals surface area contributed by atoms with E-state index in [-0.39, 0.29) is 5.82 Å². The van der Waals surface area contributed by atoms with Crippen LogP contribution < -0.4 is 4.74 Å². The fourth-order valence-corrected chi connectivity index (χ4v) is 2.12. The molecule has 0 saturated heterocycles. The molecule has 2 aromatic carbocycles. The first-order valence-electron chi connectivity index (χ1n) is 6.06. The quantitative estimate of drug-likeness (QED) is 0.697. The molecule has 3 rings (SSSR count). The smallest absolute Gasteiger partial charge is 0.132 e. The normalized spacial score (nSPS) is 10.8. The number of aromatic nitrogens is 1. The summed E-state index contributed by atoms with van der Waals surface area (Å²) in [6.45, 7) is 0. The number of ether oxygens (including phenoxy) is 1. The van der Waals surface area contributed by atoms with Gasteiger partial charge in [-0.3, -0.25) is 4.98 Å². The van der Waals surface area contributed by atoms with Crippen LogP contribution in [0.1, 0.15) is 0 Å². The Hall–Kier alpha value is -2.49. The van der Waals surface area contributed by atoms with Gasteiger partial charge in [0.2, 0.25) is 0 Å². The zero-order chi connectivity index (χ0) is 14.1. The maximum Gasteiger partial charge on any atom is 0.132 e. The zero-order valence-corrected chi connectivity index (χ0v) is 10.7. The maximum absolute atomic E-state index is 13.8. The van der Waals surface area contributed by atoms with Gasteiger partial charge in [0.05, 0.1) is 12.6 Å². The van der Waals surface area contributed by atoms with Gasteiger partial charge in [0.1, 0.15) is 17.4 Å². The Morgan fingerprint density at radius 1 is 1.00 bits per heavy atom. The summed E-state index contributed by atoms with van der Waals surface area (Å²) in [5.41, 5.74) is 1.80. The second-order valence-electron chi connectivity index (χ2n) is 4.41. The molecular weight excluding hydrogens is 260 g/mol. The van der Waals surface area contributed by atoms with Crippen molar-refractivity contribution in [2.75, 3.05) is 7.11 Å². The topological polar surface area (TPSA) is 22.1 Å². The van der Waals surface area contributed by atoms with Crippen LogP contribution in [-0.2, 0) is 0 Å². The van der Waals surface area contributed by atoms with Crippen molar-refractivity contribution in [2.45, 2.75) is 0 Å². The van der Waals surface area contributed by atoms with E-state index >= 15 is 0 Å². The van der Waals surface area contributed by atoms with Gasteiger partial charge < -0.3 is 4.74 Å². The predicted octanol–water partition coefficient (Wildman–Crippen LogP) is 4.19. The van der Waals surface area contributed by atoms with E-state index in [2.05, 4.69) is 4.98 Å². The average Bonchev–Trinajstić information content (AvgIpc) is 2.46. The number of benzene rings is 2. The van der Waals surface area contributed by atoms with Gasteiger partial charge in [0.25, 0.3) is 0 Å². The van der Waals surface area contributed by atoms with Crippen molar-refractivity contribution in [1.82, 2.24) is 4.98 Å². The van der Waals surface area contributed by atoms with Crippen LogP contribution in [0.5, 0.6) is 5.75 Å².